The summed E-state index contributed by atoms with van der Waals surface area (Å²) in [6.45, 7) is 0. The summed E-state index contributed by atoms with van der Waals surface area (Å²) in [4.78, 5) is 10.7. The largest absolute Gasteiger partial charge is 0.479 e. The van der Waals surface area contributed by atoms with Gasteiger partial charge in [-0.2, -0.15) is 0 Å². The van der Waals surface area contributed by atoms with E-state index in [4.69, 9.17) is 9.84 Å². The molecule has 0 heterocycles. The number of carboxylic acids is 1. The predicted molar refractivity (Wildman–Crippen MR) is 56.2 cm³/mol. The summed E-state index contributed by atoms with van der Waals surface area (Å²) in [6, 6.07) is 4.37. The maximum atomic E-state index is 12.9. The number of hydrogen-bond acceptors (Lipinski definition) is 2. The van der Waals surface area contributed by atoms with Crippen molar-refractivity contribution in [3.05, 3.63) is 34.1 Å². The molecule has 1 N–H and O–H groups in total. The van der Waals surface area contributed by atoms with Crippen LogP contribution in [-0.2, 0) is 16.0 Å². The fourth-order valence-electron chi connectivity index (χ4n) is 1.15. The molecular formula is C10H10BrFO3. The monoisotopic (exact) mass is 276 g/mol. The molecule has 0 amide bonds. The van der Waals surface area contributed by atoms with E-state index in [9.17, 15) is 9.18 Å². The summed E-state index contributed by atoms with van der Waals surface area (Å²) in [5.41, 5.74) is 0.706. The lowest BCUT2D eigenvalue weighted by Gasteiger charge is -2.10. The summed E-state index contributed by atoms with van der Waals surface area (Å²) >= 11 is 3.03. The van der Waals surface area contributed by atoms with Crippen molar-refractivity contribution in [2.75, 3.05) is 7.11 Å². The number of aliphatic carboxylic acids is 1. The molecule has 0 spiro atoms. The molecule has 82 valence electrons. The third-order valence-corrected chi connectivity index (χ3v) is 2.57. The van der Waals surface area contributed by atoms with Crippen LogP contribution >= 0.6 is 15.9 Å². The zero-order valence-electron chi connectivity index (χ0n) is 8.04. The number of carboxylic acid groups (broad SMARTS) is 1. The van der Waals surface area contributed by atoms with Crippen LogP contribution in [0.3, 0.4) is 0 Å². The first-order valence-electron chi connectivity index (χ1n) is 4.24. The highest BCUT2D eigenvalue weighted by Crippen LogP contribution is 2.18. The van der Waals surface area contributed by atoms with Crippen molar-refractivity contribution in [2.45, 2.75) is 12.5 Å². The van der Waals surface area contributed by atoms with E-state index >= 15 is 0 Å². The molecule has 0 aromatic heterocycles. The molecule has 0 aliphatic carbocycles. The van der Waals surface area contributed by atoms with Crippen LogP contribution in [0, 0.1) is 5.82 Å². The fraction of sp³-hybridized carbons (Fsp3) is 0.300. The van der Waals surface area contributed by atoms with Gasteiger partial charge in [-0.25, -0.2) is 9.18 Å². The summed E-state index contributed by atoms with van der Waals surface area (Å²) < 4.78 is 18.0. The number of hydrogen-bond donors (Lipinski definition) is 1. The Morgan fingerprint density at radius 2 is 2.33 bits per heavy atom. The molecular weight excluding hydrogens is 267 g/mol. The molecule has 0 saturated heterocycles. The van der Waals surface area contributed by atoms with E-state index in [0.29, 0.717) is 10.0 Å². The topological polar surface area (TPSA) is 46.5 Å². The molecule has 0 bridgehead atoms. The van der Waals surface area contributed by atoms with Crippen LogP contribution in [0.4, 0.5) is 4.39 Å². The molecule has 1 aromatic rings. The average Bonchev–Trinajstić information content (AvgIpc) is 2.19. The summed E-state index contributed by atoms with van der Waals surface area (Å²) in [6.07, 6.45) is -0.688. The smallest absolute Gasteiger partial charge is 0.333 e. The molecule has 0 aliphatic rings. The van der Waals surface area contributed by atoms with Crippen molar-refractivity contribution in [3.8, 4) is 0 Å². The molecule has 1 unspecified atom stereocenters. The minimum atomic E-state index is -1.03. The minimum Gasteiger partial charge on any atom is -0.479 e. The molecule has 0 radical (unpaired) electrons. The van der Waals surface area contributed by atoms with Crippen molar-refractivity contribution < 1.29 is 19.0 Å². The lowest BCUT2D eigenvalue weighted by atomic mass is 10.1. The van der Waals surface area contributed by atoms with E-state index in [1.807, 2.05) is 0 Å². The van der Waals surface area contributed by atoms with Gasteiger partial charge in [-0.15, -0.1) is 0 Å². The lowest BCUT2D eigenvalue weighted by molar-refractivity contribution is -0.148. The van der Waals surface area contributed by atoms with Crippen LogP contribution in [0.2, 0.25) is 0 Å². The number of rotatable bonds is 4. The second-order valence-corrected chi connectivity index (χ2v) is 3.87. The maximum Gasteiger partial charge on any atom is 0.333 e. The Balaban J connectivity index is 2.80. The minimum absolute atomic E-state index is 0.213. The van der Waals surface area contributed by atoms with E-state index in [-0.39, 0.29) is 12.2 Å². The molecule has 0 saturated carbocycles. The second-order valence-electron chi connectivity index (χ2n) is 3.02. The van der Waals surface area contributed by atoms with Gasteiger partial charge < -0.3 is 9.84 Å². The van der Waals surface area contributed by atoms with Gasteiger partial charge in [0, 0.05) is 13.5 Å². The van der Waals surface area contributed by atoms with Gasteiger partial charge in [0.1, 0.15) is 5.82 Å². The fourth-order valence-corrected chi connectivity index (χ4v) is 1.58. The Kier molecular flexibility index (Phi) is 4.23. The van der Waals surface area contributed by atoms with Gasteiger partial charge in [0.2, 0.25) is 0 Å². The number of ether oxygens (including phenoxy) is 1. The molecule has 3 nitrogen and oxygen atoms in total. The molecule has 15 heavy (non-hydrogen) atoms. The van der Waals surface area contributed by atoms with Crippen LogP contribution < -0.4 is 0 Å². The first-order valence-corrected chi connectivity index (χ1v) is 5.03. The van der Waals surface area contributed by atoms with Crippen LogP contribution in [0.5, 0.6) is 0 Å². The quantitative estimate of drug-likeness (QED) is 0.918. The standard InChI is InChI=1S/C10H10BrFO3/c1-15-9(10(13)14)5-6-2-3-8(12)7(11)4-6/h2-4,9H,5H2,1H3,(H,13,14). The maximum absolute atomic E-state index is 12.9. The predicted octanol–water partition coefficient (Wildman–Crippen LogP) is 2.23. The summed E-state index contributed by atoms with van der Waals surface area (Å²) in [5, 5.41) is 8.75. The van der Waals surface area contributed by atoms with Crippen LogP contribution in [0.1, 0.15) is 5.56 Å². The van der Waals surface area contributed by atoms with Crippen molar-refractivity contribution >= 4 is 21.9 Å². The SMILES string of the molecule is COC(Cc1ccc(F)c(Br)c1)C(=O)O. The average molecular weight is 277 g/mol. The highest BCUT2D eigenvalue weighted by molar-refractivity contribution is 9.10. The van der Waals surface area contributed by atoms with Gasteiger partial charge in [-0.3, -0.25) is 0 Å². The number of methoxy groups -OCH3 is 1. The van der Waals surface area contributed by atoms with Crippen LogP contribution in [0.15, 0.2) is 22.7 Å². The Labute approximate surface area is 95.0 Å². The highest BCUT2D eigenvalue weighted by Gasteiger charge is 2.17. The molecule has 5 heteroatoms. The number of benzene rings is 1. The van der Waals surface area contributed by atoms with E-state index < -0.39 is 12.1 Å². The highest BCUT2D eigenvalue weighted by atomic mass is 79.9. The summed E-state index contributed by atoms with van der Waals surface area (Å²) in [7, 11) is 1.33. The first-order chi connectivity index (χ1) is 7.04. The number of carbonyl (C=O) groups is 1. The summed E-state index contributed by atoms with van der Waals surface area (Å²) in [5.74, 6) is -1.40. The van der Waals surface area contributed by atoms with E-state index in [1.165, 1.54) is 19.2 Å². The third-order valence-electron chi connectivity index (χ3n) is 1.97. The van der Waals surface area contributed by atoms with Crippen LogP contribution in [-0.4, -0.2) is 24.3 Å². The van der Waals surface area contributed by atoms with E-state index in [2.05, 4.69) is 15.9 Å². The zero-order chi connectivity index (χ0) is 11.4. The zero-order valence-corrected chi connectivity index (χ0v) is 9.62. The number of halogens is 2. The third kappa shape index (κ3) is 3.28. The van der Waals surface area contributed by atoms with Crippen molar-refractivity contribution in [1.29, 1.82) is 0 Å². The van der Waals surface area contributed by atoms with E-state index in [1.54, 1.807) is 6.07 Å². The molecule has 0 aliphatic heterocycles. The van der Waals surface area contributed by atoms with Crippen molar-refractivity contribution in [2.24, 2.45) is 0 Å². The Morgan fingerprint density at radius 1 is 1.67 bits per heavy atom. The van der Waals surface area contributed by atoms with Gasteiger partial charge in [-0.1, -0.05) is 6.07 Å². The Bertz CT molecular complexity index is 368. The van der Waals surface area contributed by atoms with Crippen LogP contribution in [0.25, 0.3) is 0 Å². The van der Waals surface area contributed by atoms with Gasteiger partial charge >= 0.3 is 5.97 Å². The van der Waals surface area contributed by atoms with E-state index in [0.717, 1.165) is 0 Å². The van der Waals surface area contributed by atoms with Crippen molar-refractivity contribution in [1.82, 2.24) is 0 Å². The van der Waals surface area contributed by atoms with Gasteiger partial charge in [0.25, 0.3) is 0 Å². The van der Waals surface area contributed by atoms with Gasteiger partial charge in [-0.05, 0) is 33.6 Å². The normalized spacial score (nSPS) is 12.5. The van der Waals surface area contributed by atoms with Gasteiger partial charge in [0.15, 0.2) is 6.10 Å². The van der Waals surface area contributed by atoms with Crippen molar-refractivity contribution in [3.63, 3.8) is 0 Å². The Hall–Kier alpha value is -0.940. The lowest BCUT2D eigenvalue weighted by Crippen LogP contribution is -2.24. The molecule has 1 rings (SSSR count). The van der Waals surface area contributed by atoms with Gasteiger partial charge in [0.05, 0.1) is 4.47 Å². The molecule has 1 atom stereocenters. The first kappa shape index (κ1) is 12.1. The Morgan fingerprint density at radius 3 is 2.80 bits per heavy atom. The molecule has 0 fully saturated rings. The second kappa shape index (κ2) is 5.23. The molecule has 1 aromatic carbocycles.